The summed E-state index contributed by atoms with van der Waals surface area (Å²) in [6.07, 6.45) is 3.80. The first-order valence-corrected chi connectivity index (χ1v) is 11.5. The normalized spacial score (nSPS) is 12.8. The lowest BCUT2D eigenvalue weighted by Gasteiger charge is -2.25. The van der Waals surface area contributed by atoms with Gasteiger partial charge in [0.1, 0.15) is 5.15 Å². The Hall–Kier alpha value is -3.29. The smallest absolute Gasteiger partial charge is 0.260 e. The van der Waals surface area contributed by atoms with Gasteiger partial charge >= 0.3 is 0 Å². The van der Waals surface area contributed by atoms with Crippen molar-refractivity contribution in [2.45, 2.75) is 11.4 Å². The number of hydrogen-bond acceptors (Lipinski definition) is 5. The quantitative estimate of drug-likeness (QED) is 0.414. The molecule has 4 aromatic rings. The summed E-state index contributed by atoms with van der Waals surface area (Å²) >= 11 is 6.00. The molecule has 0 aliphatic heterocycles. The van der Waals surface area contributed by atoms with E-state index in [2.05, 4.69) is 9.97 Å². The van der Waals surface area contributed by atoms with Gasteiger partial charge in [-0.25, -0.2) is 13.4 Å². The molecule has 8 heteroatoms. The number of nitrogens with zero attached hydrogens (tertiary/aromatic N) is 3. The largest absolute Gasteiger partial charge is 0.303 e. The SMILES string of the molecule is [2H]C([2H])(c1ccc2ccc(Cl)nc2c1)N(C(=O)c1cccnc1)c1ccccc1S(C)(=O)=O. The molecule has 6 nitrogen and oxygen atoms in total. The Morgan fingerprint density at radius 2 is 1.87 bits per heavy atom. The molecule has 0 aliphatic carbocycles. The summed E-state index contributed by atoms with van der Waals surface area (Å²) in [5.41, 5.74) is 0.559. The first-order valence-electron chi connectivity index (χ1n) is 10.2. The first kappa shape index (κ1) is 18.5. The van der Waals surface area contributed by atoms with Crippen LogP contribution in [-0.2, 0) is 16.3 Å². The number of carbonyl (C=O) groups is 1. The number of amides is 1. The summed E-state index contributed by atoms with van der Waals surface area (Å²) in [5, 5.41) is 0.978. The average molecular weight is 454 g/mol. The van der Waals surface area contributed by atoms with E-state index in [0.29, 0.717) is 5.52 Å². The molecule has 31 heavy (non-hydrogen) atoms. The molecule has 0 fully saturated rings. The van der Waals surface area contributed by atoms with Crippen molar-refractivity contribution in [3.63, 3.8) is 0 Å². The molecular weight excluding hydrogens is 434 g/mol. The second-order valence-corrected chi connectivity index (χ2v) is 9.15. The lowest BCUT2D eigenvalue weighted by molar-refractivity contribution is 0.0984. The number of benzene rings is 2. The fourth-order valence-corrected chi connectivity index (χ4v) is 4.10. The number of anilines is 1. The van der Waals surface area contributed by atoms with Gasteiger partial charge in [-0.1, -0.05) is 35.9 Å². The van der Waals surface area contributed by atoms with Crippen LogP contribution in [0.5, 0.6) is 0 Å². The van der Waals surface area contributed by atoms with E-state index >= 15 is 0 Å². The van der Waals surface area contributed by atoms with Crippen LogP contribution >= 0.6 is 11.6 Å². The number of pyridine rings is 2. The van der Waals surface area contributed by atoms with Gasteiger partial charge in [0.2, 0.25) is 0 Å². The molecule has 0 spiro atoms. The second kappa shape index (κ2) is 8.45. The van der Waals surface area contributed by atoms with Gasteiger partial charge in [0.15, 0.2) is 9.84 Å². The van der Waals surface area contributed by atoms with E-state index in [4.69, 9.17) is 14.3 Å². The van der Waals surface area contributed by atoms with Gasteiger partial charge in [-0.15, -0.1) is 0 Å². The van der Waals surface area contributed by atoms with Gasteiger partial charge in [0.25, 0.3) is 5.91 Å². The zero-order valence-electron chi connectivity index (χ0n) is 18.4. The summed E-state index contributed by atoms with van der Waals surface area (Å²) in [7, 11) is -3.78. The Morgan fingerprint density at radius 1 is 1.10 bits per heavy atom. The maximum Gasteiger partial charge on any atom is 0.260 e. The number of fused-ring (bicyclic) bond motifs is 1. The number of sulfone groups is 1. The summed E-state index contributed by atoms with van der Waals surface area (Å²) < 4.78 is 42.9. The third kappa shape index (κ3) is 4.57. The van der Waals surface area contributed by atoms with Crippen molar-refractivity contribution in [3.05, 3.63) is 95.4 Å². The standard InChI is InChI=1S/C23H18ClN3O3S/c1-31(29,30)21-7-3-2-6-20(21)27(23(28)18-5-4-12-25-14-18)15-16-8-9-17-10-11-22(24)26-19(17)13-16/h2-14H,15H2,1H3/i15D2. The van der Waals surface area contributed by atoms with Gasteiger partial charge in [0.05, 0.1) is 30.9 Å². The number of rotatable bonds is 5. The van der Waals surface area contributed by atoms with Crippen molar-refractivity contribution in [3.8, 4) is 0 Å². The minimum Gasteiger partial charge on any atom is -0.303 e. The molecule has 1 amide bonds. The maximum atomic E-state index is 13.6. The monoisotopic (exact) mass is 453 g/mol. The molecule has 0 bridgehead atoms. The van der Waals surface area contributed by atoms with Crippen molar-refractivity contribution in [2.75, 3.05) is 11.2 Å². The fourth-order valence-electron chi connectivity index (χ4n) is 3.09. The van der Waals surface area contributed by atoms with E-state index < -0.39 is 22.2 Å². The lowest BCUT2D eigenvalue weighted by Crippen LogP contribution is -2.31. The topological polar surface area (TPSA) is 80.2 Å². The van der Waals surface area contributed by atoms with Crippen LogP contribution in [0.4, 0.5) is 5.69 Å². The molecule has 2 aromatic carbocycles. The molecule has 0 saturated carbocycles. The number of halogens is 1. The molecular formula is C23H18ClN3O3S. The van der Waals surface area contributed by atoms with Crippen LogP contribution in [0, 0.1) is 0 Å². The zero-order chi connectivity index (χ0) is 23.8. The second-order valence-electron chi connectivity index (χ2n) is 6.78. The van der Waals surface area contributed by atoms with Crippen molar-refractivity contribution >= 4 is 43.9 Å². The molecule has 0 unspecified atom stereocenters. The van der Waals surface area contributed by atoms with Gasteiger partial charge in [-0.3, -0.25) is 9.78 Å². The van der Waals surface area contributed by atoms with Crippen LogP contribution in [0.25, 0.3) is 10.9 Å². The van der Waals surface area contributed by atoms with Gasteiger partial charge in [0, 0.05) is 24.0 Å². The number of carbonyl (C=O) groups excluding carboxylic acids is 1. The van der Waals surface area contributed by atoms with Crippen LogP contribution in [0.3, 0.4) is 0 Å². The van der Waals surface area contributed by atoms with E-state index in [9.17, 15) is 13.2 Å². The Balaban J connectivity index is 1.96. The highest BCUT2D eigenvalue weighted by Crippen LogP contribution is 2.29. The minimum absolute atomic E-state index is 0.0852. The molecule has 0 saturated heterocycles. The highest BCUT2D eigenvalue weighted by molar-refractivity contribution is 7.90. The summed E-state index contributed by atoms with van der Waals surface area (Å²) in [4.78, 5) is 22.4. The number of hydrogen-bond donors (Lipinski definition) is 0. The molecule has 4 rings (SSSR count). The predicted molar refractivity (Wildman–Crippen MR) is 121 cm³/mol. The highest BCUT2D eigenvalue weighted by atomic mass is 35.5. The Kier molecular flexibility index (Phi) is 5.04. The third-order valence-corrected chi connectivity index (χ3v) is 5.87. The molecule has 156 valence electrons. The summed E-state index contributed by atoms with van der Waals surface area (Å²) in [6.45, 7) is -2.45. The van der Waals surface area contributed by atoms with Gasteiger partial charge in [-0.2, -0.15) is 0 Å². The summed E-state index contributed by atoms with van der Waals surface area (Å²) in [5.74, 6) is -0.747. The molecule has 2 aromatic heterocycles. The van der Waals surface area contributed by atoms with E-state index in [0.717, 1.165) is 16.5 Å². The number of para-hydroxylation sites is 1. The van der Waals surface area contributed by atoms with Gasteiger partial charge < -0.3 is 4.90 Å². The molecule has 0 aliphatic rings. The minimum atomic E-state index is -3.78. The van der Waals surface area contributed by atoms with Crippen molar-refractivity contribution in [1.29, 1.82) is 0 Å². The van der Waals surface area contributed by atoms with Crippen molar-refractivity contribution in [1.82, 2.24) is 9.97 Å². The predicted octanol–water partition coefficient (Wildman–Crippen LogP) is 4.53. The van der Waals surface area contributed by atoms with Crippen LogP contribution in [0.1, 0.15) is 18.7 Å². The van der Waals surface area contributed by atoms with E-state index in [1.165, 1.54) is 48.8 Å². The van der Waals surface area contributed by atoms with E-state index in [1.807, 2.05) is 0 Å². The first-order chi connectivity index (χ1) is 15.6. The van der Waals surface area contributed by atoms with Gasteiger partial charge in [-0.05, 0) is 48.0 Å². The molecule has 2 heterocycles. The van der Waals surface area contributed by atoms with Crippen molar-refractivity contribution < 1.29 is 16.0 Å². The highest BCUT2D eigenvalue weighted by Gasteiger charge is 2.24. The number of aromatic nitrogens is 2. The van der Waals surface area contributed by atoms with Crippen LogP contribution in [0.15, 0.2) is 84.0 Å². The zero-order valence-corrected chi connectivity index (χ0v) is 17.9. The Labute approximate surface area is 187 Å². The van der Waals surface area contributed by atoms with Crippen molar-refractivity contribution in [2.24, 2.45) is 0 Å². The van der Waals surface area contributed by atoms with E-state index in [1.54, 1.807) is 30.3 Å². The maximum absolute atomic E-state index is 13.6. The summed E-state index contributed by atoms with van der Waals surface area (Å²) in [6, 6.07) is 16.9. The van der Waals surface area contributed by atoms with Crippen LogP contribution < -0.4 is 4.90 Å². The molecule has 0 N–H and O–H groups in total. The average Bonchev–Trinajstić information content (AvgIpc) is 2.78. The Bertz CT molecular complexity index is 1460. The Morgan fingerprint density at radius 3 is 2.61 bits per heavy atom. The fraction of sp³-hybridized carbons (Fsp3) is 0.0870. The van der Waals surface area contributed by atoms with Crippen LogP contribution in [-0.4, -0.2) is 30.5 Å². The van der Waals surface area contributed by atoms with E-state index in [-0.39, 0.29) is 26.9 Å². The van der Waals surface area contributed by atoms with Crippen LogP contribution in [0.2, 0.25) is 5.15 Å². The molecule has 0 radical (unpaired) electrons. The lowest BCUT2D eigenvalue weighted by atomic mass is 10.1. The third-order valence-electron chi connectivity index (χ3n) is 4.52. The molecule has 0 atom stereocenters.